The predicted octanol–water partition coefficient (Wildman–Crippen LogP) is 0.553. The number of ether oxygens (including phenoxy) is 1. The van der Waals surface area contributed by atoms with E-state index in [0.29, 0.717) is 19.7 Å². The van der Waals surface area contributed by atoms with Gasteiger partial charge in [0.05, 0.1) is 19.7 Å². The smallest absolute Gasteiger partial charge is 0.416 e. The Hall–Kier alpha value is -1.26. The molecular formula is C8H15N3O2. The lowest BCUT2D eigenvalue weighted by Gasteiger charge is -2.14. The van der Waals surface area contributed by atoms with Crippen molar-refractivity contribution >= 4 is 12.1 Å². The van der Waals surface area contributed by atoms with Crippen LogP contribution in [0.4, 0.5) is 4.79 Å². The van der Waals surface area contributed by atoms with Crippen LogP contribution in [-0.4, -0.2) is 36.6 Å². The molecule has 0 aromatic carbocycles. The summed E-state index contributed by atoms with van der Waals surface area (Å²) in [6.45, 7) is 3.62. The molecule has 0 aromatic rings. The Morgan fingerprint density at radius 2 is 2.54 bits per heavy atom. The van der Waals surface area contributed by atoms with Gasteiger partial charge >= 0.3 is 6.09 Å². The third-order valence-corrected chi connectivity index (χ3v) is 1.82. The standard InChI is InChI=1S/C8H15N3O2/c1-2-3-6-13-8(12)11-5-4-10-7(11)9/h2-6H2,1H3,(H2,9,10). The van der Waals surface area contributed by atoms with Crippen molar-refractivity contribution in [3.05, 3.63) is 0 Å². The number of nitrogens with two attached hydrogens (primary N) is 1. The first kappa shape index (κ1) is 9.83. The van der Waals surface area contributed by atoms with Gasteiger partial charge in [0.25, 0.3) is 0 Å². The number of hydrogen-bond acceptors (Lipinski definition) is 4. The zero-order chi connectivity index (χ0) is 9.68. The lowest BCUT2D eigenvalue weighted by atomic mass is 10.4. The molecule has 2 N–H and O–H groups in total. The maximum absolute atomic E-state index is 11.3. The predicted molar refractivity (Wildman–Crippen MR) is 49.5 cm³/mol. The molecule has 0 radical (unpaired) electrons. The maximum Gasteiger partial charge on any atom is 0.416 e. The van der Waals surface area contributed by atoms with E-state index in [1.165, 1.54) is 4.90 Å². The molecule has 0 atom stereocenters. The van der Waals surface area contributed by atoms with Crippen LogP contribution >= 0.6 is 0 Å². The van der Waals surface area contributed by atoms with Crippen molar-refractivity contribution in [2.75, 3.05) is 19.7 Å². The first-order valence-electron chi connectivity index (χ1n) is 4.50. The molecule has 1 aliphatic rings. The van der Waals surface area contributed by atoms with E-state index in [2.05, 4.69) is 4.99 Å². The summed E-state index contributed by atoms with van der Waals surface area (Å²) < 4.78 is 4.96. The van der Waals surface area contributed by atoms with Crippen LogP contribution in [0.3, 0.4) is 0 Å². The van der Waals surface area contributed by atoms with Crippen molar-refractivity contribution in [3.63, 3.8) is 0 Å². The van der Waals surface area contributed by atoms with E-state index in [9.17, 15) is 4.79 Å². The Morgan fingerprint density at radius 3 is 3.08 bits per heavy atom. The molecule has 5 heteroatoms. The highest BCUT2D eigenvalue weighted by Crippen LogP contribution is 2.01. The normalized spacial score (nSPS) is 15.8. The average molecular weight is 185 g/mol. The van der Waals surface area contributed by atoms with E-state index < -0.39 is 0 Å². The van der Waals surface area contributed by atoms with Gasteiger partial charge in [-0.1, -0.05) is 13.3 Å². The van der Waals surface area contributed by atoms with E-state index in [4.69, 9.17) is 10.5 Å². The second kappa shape index (κ2) is 4.69. The molecule has 0 bridgehead atoms. The van der Waals surface area contributed by atoms with Gasteiger partial charge in [-0.3, -0.25) is 4.99 Å². The highest BCUT2D eigenvalue weighted by atomic mass is 16.6. The Kier molecular flexibility index (Phi) is 3.54. The highest BCUT2D eigenvalue weighted by molar-refractivity contribution is 5.94. The minimum Gasteiger partial charge on any atom is -0.449 e. The third kappa shape index (κ3) is 2.61. The fourth-order valence-corrected chi connectivity index (χ4v) is 1.03. The van der Waals surface area contributed by atoms with Gasteiger partial charge in [0, 0.05) is 0 Å². The number of carbonyl (C=O) groups excluding carboxylic acids is 1. The van der Waals surface area contributed by atoms with Crippen molar-refractivity contribution in [1.82, 2.24) is 4.90 Å². The molecule has 0 saturated heterocycles. The van der Waals surface area contributed by atoms with Crippen LogP contribution < -0.4 is 5.73 Å². The second-order valence-corrected chi connectivity index (χ2v) is 2.86. The fourth-order valence-electron chi connectivity index (χ4n) is 1.03. The lowest BCUT2D eigenvalue weighted by molar-refractivity contribution is 0.123. The SMILES string of the molecule is CCCCOC(=O)N1CCN=C1N. The van der Waals surface area contributed by atoms with Crippen molar-refractivity contribution < 1.29 is 9.53 Å². The highest BCUT2D eigenvalue weighted by Gasteiger charge is 2.21. The molecule has 0 aromatic heterocycles. The summed E-state index contributed by atoms with van der Waals surface area (Å²) in [5, 5.41) is 0. The van der Waals surface area contributed by atoms with Gasteiger partial charge < -0.3 is 10.5 Å². The topological polar surface area (TPSA) is 67.9 Å². The zero-order valence-electron chi connectivity index (χ0n) is 7.82. The van der Waals surface area contributed by atoms with Crippen molar-refractivity contribution in [3.8, 4) is 0 Å². The number of nitrogens with zero attached hydrogens (tertiary/aromatic N) is 2. The summed E-state index contributed by atoms with van der Waals surface area (Å²) >= 11 is 0. The monoisotopic (exact) mass is 185 g/mol. The lowest BCUT2D eigenvalue weighted by Crippen LogP contribution is -2.39. The van der Waals surface area contributed by atoms with Gasteiger partial charge in [0.15, 0.2) is 0 Å². The number of carbonyl (C=O) groups is 1. The summed E-state index contributed by atoms with van der Waals surface area (Å²) in [6, 6.07) is 0. The second-order valence-electron chi connectivity index (χ2n) is 2.86. The summed E-state index contributed by atoms with van der Waals surface area (Å²) in [6.07, 6.45) is 1.51. The fraction of sp³-hybridized carbons (Fsp3) is 0.750. The Morgan fingerprint density at radius 1 is 1.77 bits per heavy atom. The van der Waals surface area contributed by atoms with Crippen LogP contribution in [0.15, 0.2) is 4.99 Å². The number of unbranched alkanes of at least 4 members (excludes halogenated alkanes) is 1. The largest absolute Gasteiger partial charge is 0.449 e. The minimum atomic E-state index is -0.382. The van der Waals surface area contributed by atoms with Gasteiger partial charge in [-0.05, 0) is 6.42 Å². The molecule has 0 saturated carbocycles. The van der Waals surface area contributed by atoms with Crippen molar-refractivity contribution in [2.24, 2.45) is 10.7 Å². The van der Waals surface area contributed by atoms with Crippen molar-refractivity contribution in [2.45, 2.75) is 19.8 Å². The Balaban J connectivity index is 2.27. The Bertz CT molecular complexity index is 215. The number of amides is 1. The number of guanidine groups is 1. The molecule has 1 aliphatic heterocycles. The van der Waals surface area contributed by atoms with Crippen LogP contribution in [0.5, 0.6) is 0 Å². The van der Waals surface area contributed by atoms with Crippen LogP contribution in [-0.2, 0) is 4.74 Å². The third-order valence-electron chi connectivity index (χ3n) is 1.82. The summed E-state index contributed by atoms with van der Waals surface area (Å²) in [4.78, 5) is 16.5. The molecule has 1 rings (SSSR count). The molecule has 1 amide bonds. The molecule has 1 heterocycles. The average Bonchev–Trinajstić information content (AvgIpc) is 2.52. The van der Waals surface area contributed by atoms with Crippen LogP contribution in [0.1, 0.15) is 19.8 Å². The van der Waals surface area contributed by atoms with E-state index in [0.717, 1.165) is 12.8 Å². The summed E-state index contributed by atoms with van der Waals surface area (Å²) in [5.41, 5.74) is 5.46. The number of aliphatic imine (C=N–C) groups is 1. The maximum atomic E-state index is 11.3. The van der Waals surface area contributed by atoms with Crippen LogP contribution in [0.25, 0.3) is 0 Å². The quantitative estimate of drug-likeness (QED) is 0.653. The van der Waals surface area contributed by atoms with Gasteiger partial charge in [-0.2, -0.15) is 0 Å². The molecule has 5 nitrogen and oxygen atoms in total. The molecule has 0 unspecified atom stereocenters. The zero-order valence-corrected chi connectivity index (χ0v) is 7.82. The molecule has 74 valence electrons. The summed E-state index contributed by atoms with van der Waals surface area (Å²) in [7, 11) is 0. The molecule has 0 spiro atoms. The molecule has 13 heavy (non-hydrogen) atoms. The van der Waals surface area contributed by atoms with Gasteiger partial charge in [0.2, 0.25) is 5.96 Å². The summed E-state index contributed by atoms with van der Waals surface area (Å²) in [5.74, 6) is 0.265. The minimum absolute atomic E-state index is 0.265. The van der Waals surface area contributed by atoms with Crippen LogP contribution in [0, 0.1) is 0 Å². The van der Waals surface area contributed by atoms with E-state index >= 15 is 0 Å². The van der Waals surface area contributed by atoms with Crippen LogP contribution in [0.2, 0.25) is 0 Å². The van der Waals surface area contributed by atoms with Gasteiger partial charge in [-0.25, -0.2) is 9.69 Å². The molecule has 0 aliphatic carbocycles. The van der Waals surface area contributed by atoms with Gasteiger partial charge in [-0.15, -0.1) is 0 Å². The first-order valence-corrected chi connectivity index (χ1v) is 4.50. The van der Waals surface area contributed by atoms with E-state index in [-0.39, 0.29) is 12.1 Å². The Labute approximate surface area is 77.6 Å². The molecule has 0 fully saturated rings. The van der Waals surface area contributed by atoms with E-state index in [1.54, 1.807) is 0 Å². The van der Waals surface area contributed by atoms with E-state index in [1.807, 2.05) is 6.92 Å². The number of hydrogen-bond donors (Lipinski definition) is 1. The first-order chi connectivity index (χ1) is 6.25. The van der Waals surface area contributed by atoms with Crippen molar-refractivity contribution in [1.29, 1.82) is 0 Å². The number of rotatable bonds is 3. The van der Waals surface area contributed by atoms with Gasteiger partial charge in [0.1, 0.15) is 0 Å². The molecular weight excluding hydrogens is 170 g/mol.